The maximum atomic E-state index is 4.23. The van der Waals surface area contributed by atoms with Gasteiger partial charge in [-0.3, -0.25) is 4.99 Å². The molecule has 3 heteroatoms. The van der Waals surface area contributed by atoms with Gasteiger partial charge in [-0.1, -0.05) is 0 Å². The highest BCUT2D eigenvalue weighted by Crippen LogP contribution is 2.12. The molecule has 1 aliphatic rings. The first-order valence-electron chi connectivity index (χ1n) is 3.52. The lowest BCUT2D eigenvalue weighted by molar-refractivity contribution is 1.05. The number of aliphatic imine (C=N–C) groups is 1. The average Bonchev–Trinajstić information content (AvgIpc) is 1.96. The summed E-state index contributed by atoms with van der Waals surface area (Å²) in [5, 5.41) is 7.21. The molecule has 60 valence electrons. The van der Waals surface area contributed by atoms with Crippen LogP contribution in [-0.4, -0.2) is 19.8 Å². The van der Waals surface area contributed by atoms with E-state index in [4.69, 9.17) is 0 Å². The van der Waals surface area contributed by atoms with E-state index >= 15 is 0 Å². The summed E-state index contributed by atoms with van der Waals surface area (Å²) in [7, 11) is 1.90. The van der Waals surface area contributed by atoms with Gasteiger partial charge in [0.1, 0.15) is 0 Å². The molecule has 1 aliphatic heterocycles. The lowest BCUT2D eigenvalue weighted by Gasteiger charge is -2.02. The molecule has 0 saturated heterocycles. The van der Waals surface area contributed by atoms with Crippen LogP contribution in [0.25, 0.3) is 0 Å². The summed E-state index contributed by atoms with van der Waals surface area (Å²) in [6.07, 6.45) is 1.86. The van der Waals surface area contributed by atoms with Gasteiger partial charge in [0.2, 0.25) is 0 Å². The Kier molecular flexibility index (Phi) is 3.23. The Morgan fingerprint density at radius 3 is 3.09 bits per heavy atom. The molecular weight excluding hydrogens is 156 g/mol. The Labute approximate surface area is 71.5 Å². The zero-order valence-electron chi connectivity index (χ0n) is 6.79. The van der Waals surface area contributed by atoms with Crippen molar-refractivity contribution in [2.24, 2.45) is 4.99 Å². The highest BCUT2D eigenvalue weighted by molar-refractivity contribution is 8.05. The van der Waals surface area contributed by atoms with Gasteiger partial charge in [-0.2, -0.15) is 0 Å². The van der Waals surface area contributed by atoms with Crippen molar-refractivity contribution in [3.63, 3.8) is 0 Å². The molecule has 11 heavy (non-hydrogen) atoms. The van der Waals surface area contributed by atoms with Crippen LogP contribution in [0.4, 0.5) is 0 Å². The summed E-state index contributed by atoms with van der Waals surface area (Å²) in [4.78, 5) is 4.23. The summed E-state index contributed by atoms with van der Waals surface area (Å²) in [5.74, 6) is 0. The molecule has 0 aromatic heterocycles. The standard InChI is InChI=1S/C8H12N2S/c1-7-3-10-4-8(9-2)6-11-5-7/h4-6,9H,3H2,1-2H3/b7-5-,8-6?,10-4?. The van der Waals surface area contributed by atoms with E-state index in [1.165, 1.54) is 5.57 Å². The van der Waals surface area contributed by atoms with E-state index in [0.717, 1.165) is 12.2 Å². The molecule has 1 rings (SSSR count). The maximum Gasteiger partial charge on any atom is 0.0605 e. The van der Waals surface area contributed by atoms with E-state index in [0.29, 0.717) is 0 Å². The second-order valence-corrected chi connectivity index (χ2v) is 3.14. The minimum absolute atomic E-state index is 0.812. The van der Waals surface area contributed by atoms with Gasteiger partial charge in [0.15, 0.2) is 0 Å². The van der Waals surface area contributed by atoms with Crippen LogP contribution in [0.2, 0.25) is 0 Å². The molecule has 2 nitrogen and oxygen atoms in total. The normalized spacial score (nSPS) is 22.7. The third kappa shape index (κ3) is 2.80. The van der Waals surface area contributed by atoms with E-state index in [2.05, 4.69) is 22.6 Å². The van der Waals surface area contributed by atoms with E-state index in [-0.39, 0.29) is 0 Å². The lowest BCUT2D eigenvalue weighted by atomic mass is 10.3. The minimum Gasteiger partial charge on any atom is -0.386 e. The molecule has 0 saturated carbocycles. The Hall–Kier alpha value is -0.700. The van der Waals surface area contributed by atoms with Gasteiger partial charge in [-0.05, 0) is 23.3 Å². The molecule has 1 heterocycles. The molecular formula is C8H12N2S. The molecule has 0 spiro atoms. The van der Waals surface area contributed by atoms with Crippen LogP contribution in [0.5, 0.6) is 0 Å². The summed E-state index contributed by atoms with van der Waals surface area (Å²) in [5.41, 5.74) is 2.37. The van der Waals surface area contributed by atoms with E-state index in [1.807, 2.05) is 18.7 Å². The predicted molar refractivity (Wildman–Crippen MR) is 51.8 cm³/mol. The predicted octanol–water partition coefficient (Wildman–Crippen LogP) is 1.77. The van der Waals surface area contributed by atoms with Crippen molar-refractivity contribution in [1.82, 2.24) is 5.32 Å². The fraction of sp³-hybridized carbons (Fsp3) is 0.375. The highest BCUT2D eigenvalue weighted by atomic mass is 32.2. The number of hydrogen-bond donors (Lipinski definition) is 1. The van der Waals surface area contributed by atoms with Gasteiger partial charge in [0.25, 0.3) is 0 Å². The van der Waals surface area contributed by atoms with Crippen LogP contribution in [-0.2, 0) is 0 Å². The van der Waals surface area contributed by atoms with Gasteiger partial charge in [-0.15, -0.1) is 11.8 Å². The van der Waals surface area contributed by atoms with Crippen LogP contribution in [0.15, 0.2) is 27.1 Å². The smallest absolute Gasteiger partial charge is 0.0605 e. The summed E-state index contributed by atoms with van der Waals surface area (Å²) in [6, 6.07) is 0. The zero-order chi connectivity index (χ0) is 8.10. The fourth-order valence-electron chi connectivity index (χ4n) is 0.703. The molecule has 0 unspecified atom stereocenters. The van der Waals surface area contributed by atoms with Gasteiger partial charge in [0, 0.05) is 13.3 Å². The second-order valence-electron chi connectivity index (χ2n) is 2.39. The van der Waals surface area contributed by atoms with E-state index in [9.17, 15) is 0 Å². The molecule has 0 aromatic rings. The van der Waals surface area contributed by atoms with Gasteiger partial charge >= 0.3 is 0 Å². The van der Waals surface area contributed by atoms with Crippen LogP contribution < -0.4 is 5.32 Å². The van der Waals surface area contributed by atoms with Crippen LogP contribution in [0, 0.1) is 0 Å². The topological polar surface area (TPSA) is 24.4 Å². The average molecular weight is 168 g/mol. The second kappa shape index (κ2) is 4.23. The summed E-state index contributed by atoms with van der Waals surface area (Å²) in [6.45, 7) is 2.90. The molecule has 0 amide bonds. The van der Waals surface area contributed by atoms with Gasteiger partial charge in [0.05, 0.1) is 12.2 Å². The third-order valence-corrected chi connectivity index (χ3v) is 2.25. The SMILES string of the molecule is CNC1=CS/C=C(/C)CN=C1. The minimum atomic E-state index is 0.812. The molecule has 0 atom stereocenters. The summed E-state index contributed by atoms with van der Waals surface area (Å²) < 4.78 is 0. The number of nitrogens with zero attached hydrogens (tertiary/aromatic N) is 1. The zero-order valence-corrected chi connectivity index (χ0v) is 7.61. The molecule has 0 radical (unpaired) electrons. The monoisotopic (exact) mass is 168 g/mol. The third-order valence-electron chi connectivity index (χ3n) is 1.32. The highest BCUT2D eigenvalue weighted by Gasteiger charge is 1.92. The largest absolute Gasteiger partial charge is 0.386 e. The summed E-state index contributed by atoms with van der Waals surface area (Å²) >= 11 is 1.69. The Balaban J connectivity index is 2.68. The van der Waals surface area contributed by atoms with Crippen molar-refractivity contribution in [2.75, 3.05) is 13.6 Å². The van der Waals surface area contributed by atoms with Crippen molar-refractivity contribution in [3.05, 3.63) is 22.1 Å². The van der Waals surface area contributed by atoms with Crippen LogP contribution in [0.3, 0.4) is 0 Å². The Morgan fingerprint density at radius 1 is 1.55 bits per heavy atom. The number of thioether (sulfide) groups is 1. The van der Waals surface area contributed by atoms with Crippen molar-refractivity contribution >= 4 is 18.0 Å². The molecule has 0 aromatic carbocycles. The quantitative estimate of drug-likeness (QED) is 0.645. The fourth-order valence-corrected chi connectivity index (χ4v) is 1.40. The first kappa shape index (κ1) is 8.40. The number of hydrogen-bond acceptors (Lipinski definition) is 3. The van der Waals surface area contributed by atoms with Crippen molar-refractivity contribution < 1.29 is 0 Å². The Morgan fingerprint density at radius 2 is 2.36 bits per heavy atom. The number of allylic oxidation sites excluding steroid dienone is 1. The molecule has 0 aliphatic carbocycles. The molecule has 0 bridgehead atoms. The van der Waals surface area contributed by atoms with Crippen molar-refractivity contribution in [1.29, 1.82) is 0 Å². The van der Waals surface area contributed by atoms with Gasteiger partial charge in [-0.25, -0.2) is 0 Å². The van der Waals surface area contributed by atoms with Crippen LogP contribution >= 0.6 is 11.8 Å². The number of rotatable bonds is 1. The van der Waals surface area contributed by atoms with E-state index in [1.54, 1.807) is 11.8 Å². The van der Waals surface area contributed by atoms with E-state index < -0.39 is 0 Å². The maximum absolute atomic E-state index is 4.23. The van der Waals surface area contributed by atoms with Crippen LogP contribution in [0.1, 0.15) is 6.92 Å². The molecule has 1 N–H and O–H groups in total. The lowest BCUT2D eigenvalue weighted by Crippen LogP contribution is -2.07. The first-order valence-corrected chi connectivity index (χ1v) is 4.46. The Bertz CT molecular complexity index is 216. The molecule has 0 fully saturated rings. The first-order chi connectivity index (χ1) is 5.33. The van der Waals surface area contributed by atoms with Crippen molar-refractivity contribution in [2.45, 2.75) is 6.92 Å². The number of nitrogens with one attached hydrogen (secondary N) is 1. The van der Waals surface area contributed by atoms with Gasteiger partial charge < -0.3 is 5.32 Å². The van der Waals surface area contributed by atoms with Crippen molar-refractivity contribution in [3.8, 4) is 0 Å².